The van der Waals surface area contributed by atoms with Crippen molar-refractivity contribution in [3.8, 4) is 0 Å². The standard InChI is InChI=1S/C9H11NO3.H2O/c10-7(9(12)13)8(11)6-4-2-1-3-5-6;/h1-5,7-8,11H,10H2,(H,12,13);1H2/t7-,8+;/m0./s1. The Labute approximate surface area is 81.1 Å². The van der Waals surface area contributed by atoms with Gasteiger partial charge in [0.2, 0.25) is 0 Å². The average molecular weight is 199 g/mol. The molecular weight excluding hydrogens is 186 g/mol. The van der Waals surface area contributed by atoms with E-state index in [1.54, 1.807) is 30.3 Å². The molecule has 0 radical (unpaired) electrons. The maximum Gasteiger partial charge on any atom is 0.323 e. The molecule has 78 valence electrons. The summed E-state index contributed by atoms with van der Waals surface area (Å²) < 4.78 is 0. The van der Waals surface area contributed by atoms with Gasteiger partial charge in [0.1, 0.15) is 12.1 Å². The summed E-state index contributed by atoms with van der Waals surface area (Å²) in [4.78, 5) is 10.4. The van der Waals surface area contributed by atoms with Crippen LogP contribution in [0, 0.1) is 0 Å². The molecule has 0 bridgehead atoms. The smallest absolute Gasteiger partial charge is 0.323 e. The summed E-state index contributed by atoms with van der Waals surface area (Å²) in [7, 11) is 0. The van der Waals surface area contributed by atoms with E-state index in [-0.39, 0.29) is 5.48 Å². The Bertz CT molecular complexity index is 288. The van der Waals surface area contributed by atoms with Gasteiger partial charge in [-0.05, 0) is 5.56 Å². The van der Waals surface area contributed by atoms with Gasteiger partial charge >= 0.3 is 5.97 Å². The van der Waals surface area contributed by atoms with Crippen molar-refractivity contribution in [2.75, 3.05) is 0 Å². The van der Waals surface area contributed by atoms with Crippen molar-refractivity contribution in [3.05, 3.63) is 35.9 Å². The topological polar surface area (TPSA) is 115 Å². The second kappa shape index (κ2) is 5.33. The highest BCUT2D eigenvalue weighted by molar-refractivity contribution is 5.74. The molecule has 0 aliphatic rings. The van der Waals surface area contributed by atoms with Crippen LogP contribution in [-0.4, -0.2) is 27.7 Å². The van der Waals surface area contributed by atoms with Crippen LogP contribution in [-0.2, 0) is 4.79 Å². The molecule has 0 amide bonds. The van der Waals surface area contributed by atoms with Crippen LogP contribution in [0.4, 0.5) is 0 Å². The highest BCUT2D eigenvalue weighted by Crippen LogP contribution is 2.14. The number of carboxylic acid groups (broad SMARTS) is 1. The number of carbonyl (C=O) groups is 1. The largest absolute Gasteiger partial charge is 0.480 e. The molecule has 2 atom stereocenters. The van der Waals surface area contributed by atoms with Gasteiger partial charge in [-0.1, -0.05) is 30.3 Å². The Morgan fingerprint density at radius 3 is 2.21 bits per heavy atom. The summed E-state index contributed by atoms with van der Waals surface area (Å²) in [5.74, 6) is -1.21. The van der Waals surface area contributed by atoms with Crippen LogP contribution >= 0.6 is 0 Å². The molecule has 0 saturated heterocycles. The summed E-state index contributed by atoms with van der Waals surface area (Å²) in [6.45, 7) is 0. The summed E-state index contributed by atoms with van der Waals surface area (Å²) in [5.41, 5.74) is 5.75. The molecule has 0 spiro atoms. The zero-order valence-corrected chi connectivity index (χ0v) is 7.42. The number of carboxylic acids is 1. The summed E-state index contributed by atoms with van der Waals surface area (Å²) in [5, 5.41) is 18.0. The number of aliphatic carboxylic acids is 1. The molecule has 0 aliphatic heterocycles. The van der Waals surface area contributed by atoms with Crippen molar-refractivity contribution >= 4 is 5.97 Å². The van der Waals surface area contributed by atoms with E-state index in [4.69, 9.17) is 10.8 Å². The Kier molecular flexibility index (Phi) is 4.79. The molecule has 6 N–H and O–H groups in total. The molecule has 5 nitrogen and oxygen atoms in total. The molecule has 5 heteroatoms. The first-order valence-corrected chi connectivity index (χ1v) is 3.84. The van der Waals surface area contributed by atoms with Gasteiger partial charge in [-0.15, -0.1) is 0 Å². The van der Waals surface area contributed by atoms with E-state index in [0.717, 1.165) is 0 Å². The predicted molar refractivity (Wildman–Crippen MR) is 50.6 cm³/mol. The van der Waals surface area contributed by atoms with E-state index in [0.29, 0.717) is 5.56 Å². The van der Waals surface area contributed by atoms with Crippen molar-refractivity contribution in [3.63, 3.8) is 0 Å². The van der Waals surface area contributed by atoms with E-state index in [1.165, 1.54) is 0 Å². The van der Waals surface area contributed by atoms with E-state index in [2.05, 4.69) is 0 Å². The minimum absolute atomic E-state index is 0. The quantitative estimate of drug-likeness (QED) is 0.597. The number of hydrogen-bond donors (Lipinski definition) is 3. The summed E-state index contributed by atoms with van der Waals surface area (Å²) in [6, 6.07) is 7.20. The third kappa shape index (κ3) is 2.81. The van der Waals surface area contributed by atoms with Gasteiger partial charge in [-0.2, -0.15) is 0 Å². The molecule has 1 aromatic rings. The first-order valence-electron chi connectivity index (χ1n) is 3.84. The van der Waals surface area contributed by atoms with Crippen LogP contribution in [0.5, 0.6) is 0 Å². The maximum atomic E-state index is 10.4. The molecule has 0 saturated carbocycles. The monoisotopic (exact) mass is 199 g/mol. The Hall–Kier alpha value is -1.43. The average Bonchev–Trinajstić information content (AvgIpc) is 2.17. The molecule has 0 heterocycles. The molecule has 1 rings (SSSR count). The van der Waals surface area contributed by atoms with Crippen LogP contribution in [0.2, 0.25) is 0 Å². The fraction of sp³-hybridized carbons (Fsp3) is 0.222. The van der Waals surface area contributed by atoms with E-state index in [9.17, 15) is 9.90 Å². The first kappa shape index (κ1) is 12.6. The predicted octanol–water partition coefficient (Wildman–Crippen LogP) is -0.693. The number of aliphatic hydroxyl groups excluding tert-OH is 1. The maximum absolute atomic E-state index is 10.4. The van der Waals surface area contributed by atoms with Gasteiger partial charge in [0, 0.05) is 0 Å². The zero-order chi connectivity index (χ0) is 9.84. The lowest BCUT2D eigenvalue weighted by atomic mass is 10.0. The SMILES string of the molecule is N[C@H](C(=O)O)[C@H](O)c1ccccc1.O. The minimum Gasteiger partial charge on any atom is -0.480 e. The second-order valence-corrected chi connectivity index (χ2v) is 2.72. The van der Waals surface area contributed by atoms with Crippen LogP contribution in [0.15, 0.2) is 30.3 Å². The Balaban J connectivity index is 0.00000169. The molecule has 14 heavy (non-hydrogen) atoms. The van der Waals surface area contributed by atoms with E-state index >= 15 is 0 Å². The minimum atomic E-state index is -1.28. The third-order valence-electron chi connectivity index (χ3n) is 1.77. The van der Waals surface area contributed by atoms with Crippen LogP contribution in [0.3, 0.4) is 0 Å². The molecule has 0 aliphatic carbocycles. The van der Waals surface area contributed by atoms with Crippen molar-refractivity contribution < 1.29 is 20.5 Å². The lowest BCUT2D eigenvalue weighted by Gasteiger charge is -2.14. The van der Waals surface area contributed by atoms with Crippen molar-refractivity contribution in [1.29, 1.82) is 0 Å². The van der Waals surface area contributed by atoms with Crippen molar-refractivity contribution in [2.45, 2.75) is 12.1 Å². The van der Waals surface area contributed by atoms with Gasteiger partial charge < -0.3 is 21.4 Å². The lowest BCUT2D eigenvalue weighted by molar-refractivity contribution is -0.141. The Morgan fingerprint density at radius 1 is 1.29 bits per heavy atom. The molecule has 1 aromatic carbocycles. The Morgan fingerprint density at radius 2 is 1.79 bits per heavy atom. The highest BCUT2D eigenvalue weighted by atomic mass is 16.4. The number of hydrogen-bond acceptors (Lipinski definition) is 3. The van der Waals surface area contributed by atoms with Crippen LogP contribution in [0.1, 0.15) is 11.7 Å². The van der Waals surface area contributed by atoms with Crippen molar-refractivity contribution in [1.82, 2.24) is 0 Å². The molecule has 0 fully saturated rings. The van der Waals surface area contributed by atoms with Gasteiger partial charge in [-0.25, -0.2) is 0 Å². The lowest BCUT2D eigenvalue weighted by Crippen LogP contribution is -2.36. The van der Waals surface area contributed by atoms with Crippen molar-refractivity contribution in [2.24, 2.45) is 5.73 Å². The summed E-state index contributed by atoms with van der Waals surface area (Å²) in [6.07, 6.45) is -1.15. The van der Waals surface area contributed by atoms with Crippen LogP contribution < -0.4 is 5.73 Å². The fourth-order valence-electron chi connectivity index (χ4n) is 0.993. The van der Waals surface area contributed by atoms with E-state index < -0.39 is 18.1 Å². The zero-order valence-electron chi connectivity index (χ0n) is 7.42. The summed E-state index contributed by atoms with van der Waals surface area (Å²) >= 11 is 0. The molecular formula is C9H13NO4. The molecule has 0 unspecified atom stereocenters. The number of nitrogens with two attached hydrogens (primary N) is 1. The van der Waals surface area contributed by atoms with Crippen LogP contribution in [0.25, 0.3) is 0 Å². The van der Waals surface area contributed by atoms with Gasteiger partial charge in [0.15, 0.2) is 0 Å². The van der Waals surface area contributed by atoms with Gasteiger partial charge in [0.05, 0.1) is 0 Å². The highest BCUT2D eigenvalue weighted by Gasteiger charge is 2.22. The number of aliphatic hydroxyl groups is 1. The van der Waals surface area contributed by atoms with Gasteiger partial charge in [0.25, 0.3) is 0 Å². The molecule has 0 aromatic heterocycles. The normalized spacial score (nSPS) is 13.9. The number of benzene rings is 1. The van der Waals surface area contributed by atoms with E-state index in [1.807, 2.05) is 0 Å². The third-order valence-corrected chi connectivity index (χ3v) is 1.77. The van der Waals surface area contributed by atoms with Gasteiger partial charge in [-0.3, -0.25) is 4.79 Å². The first-order chi connectivity index (χ1) is 6.13. The second-order valence-electron chi connectivity index (χ2n) is 2.72. The fourth-order valence-corrected chi connectivity index (χ4v) is 0.993. The number of rotatable bonds is 3.